The number of methoxy groups -OCH3 is 1. The minimum absolute atomic E-state index is 0.716. The number of anilines is 1. The molecule has 4 heteroatoms. The fourth-order valence-electron chi connectivity index (χ4n) is 2.69. The van der Waals surface area contributed by atoms with E-state index >= 15 is 0 Å². The lowest BCUT2D eigenvalue weighted by Gasteiger charge is -2.31. The summed E-state index contributed by atoms with van der Waals surface area (Å²) in [5.74, 6) is 1.54. The largest absolute Gasteiger partial charge is 0.491 e. The monoisotopic (exact) mass is 278 g/mol. The van der Waals surface area contributed by atoms with E-state index in [9.17, 15) is 0 Å². The van der Waals surface area contributed by atoms with Crippen LogP contribution < -0.4 is 10.5 Å². The first-order valence-electron chi connectivity index (χ1n) is 7.48. The maximum Gasteiger partial charge on any atom is 0.142 e. The number of nitrogens with two attached hydrogens (primary N) is 1. The van der Waals surface area contributed by atoms with Crippen LogP contribution in [0, 0.1) is 5.92 Å². The third-order valence-electron chi connectivity index (χ3n) is 3.90. The molecule has 0 saturated carbocycles. The van der Waals surface area contributed by atoms with Crippen molar-refractivity contribution in [2.24, 2.45) is 5.92 Å². The van der Waals surface area contributed by atoms with E-state index in [1.165, 1.54) is 25.9 Å². The Morgan fingerprint density at radius 2 is 2.00 bits per heavy atom. The average molecular weight is 278 g/mol. The van der Waals surface area contributed by atoms with Gasteiger partial charge in [-0.05, 0) is 50.4 Å². The van der Waals surface area contributed by atoms with Crippen LogP contribution in [0.4, 0.5) is 5.69 Å². The van der Waals surface area contributed by atoms with Crippen molar-refractivity contribution in [3.63, 3.8) is 0 Å². The summed E-state index contributed by atoms with van der Waals surface area (Å²) in [5, 5.41) is 0. The molecule has 1 saturated heterocycles. The standard InChI is InChI=1S/C16H26N2O2/c1-19-13-14-7-10-18(11-8-14)9-4-12-20-16-6-3-2-5-15(16)17/h2-3,5-6,14H,4,7-13,17H2,1H3. The van der Waals surface area contributed by atoms with Crippen molar-refractivity contribution < 1.29 is 9.47 Å². The molecule has 1 heterocycles. The second-order valence-corrected chi connectivity index (χ2v) is 5.48. The first kappa shape index (κ1) is 15.1. The highest BCUT2D eigenvalue weighted by atomic mass is 16.5. The van der Waals surface area contributed by atoms with E-state index in [2.05, 4.69) is 4.90 Å². The molecule has 1 aromatic carbocycles. The molecule has 1 aromatic rings. The molecule has 2 rings (SSSR count). The van der Waals surface area contributed by atoms with Crippen LogP contribution in [-0.2, 0) is 4.74 Å². The molecule has 0 bridgehead atoms. The predicted octanol–water partition coefficient (Wildman–Crippen LogP) is 2.40. The van der Waals surface area contributed by atoms with E-state index in [1.54, 1.807) is 7.11 Å². The summed E-state index contributed by atoms with van der Waals surface area (Å²) < 4.78 is 10.9. The zero-order chi connectivity index (χ0) is 14.2. The van der Waals surface area contributed by atoms with Crippen LogP contribution >= 0.6 is 0 Å². The Morgan fingerprint density at radius 3 is 2.70 bits per heavy atom. The first-order chi connectivity index (χ1) is 9.79. The molecule has 112 valence electrons. The number of rotatable bonds is 7. The van der Waals surface area contributed by atoms with Crippen molar-refractivity contribution in [3.8, 4) is 5.75 Å². The van der Waals surface area contributed by atoms with Crippen molar-refractivity contribution in [2.75, 3.05) is 45.7 Å². The molecule has 1 aliphatic rings. The second kappa shape index (κ2) is 8.12. The summed E-state index contributed by atoms with van der Waals surface area (Å²) in [4.78, 5) is 2.52. The number of nitrogens with zero attached hydrogens (tertiary/aromatic N) is 1. The SMILES string of the molecule is COCC1CCN(CCCOc2ccccc2N)CC1. The molecule has 0 aromatic heterocycles. The predicted molar refractivity (Wildman–Crippen MR) is 82.0 cm³/mol. The van der Waals surface area contributed by atoms with Crippen LogP contribution in [0.1, 0.15) is 19.3 Å². The van der Waals surface area contributed by atoms with Gasteiger partial charge in [0.25, 0.3) is 0 Å². The molecule has 2 N–H and O–H groups in total. The number of ether oxygens (including phenoxy) is 2. The maximum atomic E-state index is 5.84. The highest BCUT2D eigenvalue weighted by molar-refractivity contribution is 5.51. The smallest absolute Gasteiger partial charge is 0.142 e. The third kappa shape index (κ3) is 4.69. The number of para-hydroxylation sites is 2. The Bertz CT molecular complexity index is 390. The lowest BCUT2D eigenvalue weighted by atomic mass is 9.98. The molecule has 4 nitrogen and oxygen atoms in total. The van der Waals surface area contributed by atoms with Crippen molar-refractivity contribution in [2.45, 2.75) is 19.3 Å². The number of hydrogen-bond donors (Lipinski definition) is 1. The molecular formula is C16H26N2O2. The van der Waals surface area contributed by atoms with Gasteiger partial charge in [-0.25, -0.2) is 0 Å². The number of nitrogen functional groups attached to an aromatic ring is 1. The van der Waals surface area contributed by atoms with Gasteiger partial charge in [-0.1, -0.05) is 12.1 Å². The molecule has 0 unspecified atom stereocenters. The molecule has 1 fully saturated rings. The van der Waals surface area contributed by atoms with Gasteiger partial charge in [0.2, 0.25) is 0 Å². The van der Waals surface area contributed by atoms with Crippen LogP contribution in [-0.4, -0.2) is 44.9 Å². The highest BCUT2D eigenvalue weighted by Gasteiger charge is 2.18. The summed E-state index contributed by atoms with van der Waals surface area (Å²) in [6.07, 6.45) is 3.55. The summed E-state index contributed by atoms with van der Waals surface area (Å²) >= 11 is 0. The van der Waals surface area contributed by atoms with Crippen molar-refractivity contribution >= 4 is 5.69 Å². The summed E-state index contributed by atoms with van der Waals surface area (Å²) in [7, 11) is 1.79. The lowest BCUT2D eigenvalue weighted by Crippen LogP contribution is -2.36. The van der Waals surface area contributed by atoms with Gasteiger partial charge < -0.3 is 20.1 Å². The minimum Gasteiger partial charge on any atom is -0.491 e. The Kier molecular flexibility index (Phi) is 6.15. The third-order valence-corrected chi connectivity index (χ3v) is 3.90. The molecule has 0 aliphatic carbocycles. The Balaban J connectivity index is 1.59. The van der Waals surface area contributed by atoms with Crippen LogP contribution in [0.5, 0.6) is 5.75 Å². The first-order valence-corrected chi connectivity index (χ1v) is 7.48. The van der Waals surface area contributed by atoms with Gasteiger partial charge in [0.1, 0.15) is 5.75 Å². The van der Waals surface area contributed by atoms with Crippen LogP contribution in [0.2, 0.25) is 0 Å². The lowest BCUT2D eigenvalue weighted by molar-refractivity contribution is 0.0970. The van der Waals surface area contributed by atoms with Gasteiger partial charge in [-0.2, -0.15) is 0 Å². The average Bonchev–Trinajstić information content (AvgIpc) is 2.47. The Labute approximate surface area is 121 Å². The van der Waals surface area contributed by atoms with E-state index in [1.807, 2.05) is 24.3 Å². The van der Waals surface area contributed by atoms with E-state index in [0.29, 0.717) is 5.69 Å². The molecule has 0 amide bonds. The minimum atomic E-state index is 0.716. The molecule has 0 atom stereocenters. The van der Waals surface area contributed by atoms with Gasteiger partial charge in [-0.3, -0.25) is 0 Å². The normalized spacial score (nSPS) is 17.2. The van der Waals surface area contributed by atoms with E-state index < -0.39 is 0 Å². The van der Waals surface area contributed by atoms with Gasteiger partial charge in [0.15, 0.2) is 0 Å². The molecule has 1 aliphatic heterocycles. The highest BCUT2D eigenvalue weighted by Crippen LogP contribution is 2.20. The number of piperidine rings is 1. The maximum absolute atomic E-state index is 5.84. The van der Waals surface area contributed by atoms with E-state index in [4.69, 9.17) is 15.2 Å². The van der Waals surface area contributed by atoms with Gasteiger partial charge in [0.05, 0.1) is 12.3 Å². The van der Waals surface area contributed by atoms with Gasteiger partial charge in [0, 0.05) is 20.3 Å². The quantitative estimate of drug-likeness (QED) is 0.614. The van der Waals surface area contributed by atoms with Crippen LogP contribution in [0.25, 0.3) is 0 Å². The topological polar surface area (TPSA) is 47.7 Å². The zero-order valence-electron chi connectivity index (χ0n) is 12.4. The van der Waals surface area contributed by atoms with Crippen LogP contribution in [0.3, 0.4) is 0 Å². The molecular weight excluding hydrogens is 252 g/mol. The fraction of sp³-hybridized carbons (Fsp3) is 0.625. The Hall–Kier alpha value is -1.26. The number of hydrogen-bond acceptors (Lipinski definition) is 4. The van der Waals surface area contributed by atoms with Crippen molar-refractivity contribution in [1.82, 2.24) is 4.90 Å². The Morgan fingerprint density at radius 1 is 1.25 bits per heavy atom. The molecule has 0 radical (unpaired) electrons. The van der Waals surface area contributed by atoms with E-state index in [0.717, 1.165) is 37.8 Å². The van der Waals surface area contributed by atoms with Gasteiger partial charge in [-0.15, -0.1) is 0 Å². The summed E-state index contributed by atoms with van der Waals surface area (Å²) in [6.45, 7) is 5.10. The second-order valence-electron chi connectivity index (χ2n) is 5.48. The van der Waals surface area contributed by atoms with Crippen molar-refractivity contribution in [3.05, 3.63) is 24.3 Å². The number of likely N-dealkylation sites (tertiary alicyclic amines) is 1. The number of benzene rings is 1. The van der Waals surface area contributed by atoms with E-state index in [-0.39, 0.29) is 0 Å². The fourth-order valence-corrected chi connectivity index (χ4v) is 2.69. The summed E-state index contributed by atoms with van der Waals surface area (Å²) in [6, 6.07) is 7.67. The van der Waals surface area contributed by atoms with Crippen LogP contribution in [0.15, 0.2) is 24.3 Å². The summed E-state index contributed by atoms with van der Waals surface area (Å²) in [5.41, 5.74) is 6.56. The van der Waals surface area contributed by atoms with Crippen molar-refractivity contribution in [1.29, 1.82) is 0 Å². The zero-order valence-corrected chi connectivity index (χ0v) is 12.4. The molecule has 20 heavy (non-hydrogen) atoms. The van der Waals surface area contributed by atoms with Gasteiger partial charge >= 0.3 is 0 Å². The molecule has 0 spiro atoms.